The van der Waals surface area contributed by atoms with Crippen LogP contribution in [0.5, 0.6) is 0 Å². The number of thiophene rings is 1. The van der Waals surface area contributed by atoms with Crippen molar-refractivity contribution in [1.82, 2.24) is 24.8 Å². The number of carbonyl (C=O) groups excluding carboxylic acids is 1. The summed E-state index contributed by atoms with van der Waals surface area (Å²) in [5.74, 6) is 1.41. The van der Waals surface area contributed by atoms with Crippen molar-refractivity contribution < 1.29 is 4.79 Å². The second kappa shape index (κ2) is 8.74. The van der Waals surface area contributed by atoms with Crippen LogP contribution in [0.4, 0.5) is 5.95 Å². The van der Waals surface area contributed by atoms with Crippen LogP contribution in [0.25, 0.3) is 10.2 Å². The van der Waals surface area contributed by atoms with Crippen LogP contribution in [0.1, 0.15) is 41.9 Å². The van der Waals surface area contributed by atoms with E-state index in [1.54, 1.807) is 29.8 Å². The van der Waals surface area contributed by atoms with Crippen LogP contribution < -0.4 is 10.5 Å². The number of aromatic nitrogens is 4. The molecule has 3 aromatic heterocycles. The van der Waals surface area contributed by atoms with Gasteiger partial charge in [0.25, 0.3) is 5.56 Å². The number of piperazine rings is 1. The first-order chi connectivity index (χ1) is 15.2. The average molecular weight is 439 g/mol. The van der Waals surface area contributed by atoms with Crippen LogP contribution in [0.2, 0.25) is 0 Å². The molecule has 0 saturated carbocycles. The zero-order chi connectivity index (χ0) is 21.2. The molecule has 0 unspecified atom stereocenters. The summed E-state index contributed by atoms with van der Waals surface area (Å²) in [5, 5.41) is 0.774. The molecule has 0 radical (unpaired) electrons. The predicted molar refractivity (Wildman–Crippen MR) is 121 cm³/mol. The van der Waals surface area contributed by atoms with Gasteiger partial charge in [-0.2, -0.15) is 0 Å². The van der Waals surface area contributed by atoms with Crippen molar-refractivity contribution in [3.05, 3.63) is 45.1 Å². The highest BCUT2D eigenvalue weighted by atomic mass is 32.1. The maximum atomic E-state index is 12.8. The average Bonchev–Trinajstić information content (AvgIpc) is 3.00. The third-order valence-corrected chi connectivity index (χ3v) is 7.35. The summed E-state index contributed by atoms with van der Waals surface area (Å²) < 4.78 is 0. The Morgan fingerprint density at radius 3 is 2.65 bits per heavy atom. The Morgan fingerprint density at radius 1 is 1.06 bits per heavy atom. The number of nitrogens with one attached hydrogen (secondary N) is 1. The Balaban J connectivity index is 1.22. The summed E-state index contributed by atoms with van der Waals surface area (Å²) in [6.07, 6.45) is 9.82. The van der Waals surface area contributed by atoms with Crippen LogP contribution >= 0.6 is 11.3 Å². The summed E-state index contributed by atoms with van der Waals surface area (Å²) >= 11 is 1.66. The number of fused-ring (bicyclic) bond motifs is 3. The van der Waals surface area contributed by atoms with E-state index in [2.05, 4.69) is 19.9 Å². The van der Waals surface area contributed by atoms with E-state index in [1.807, 2.05) is 4.90 Å². The fraction of sp³-hybridized carbons (Fsp3) is 0.500. The van der Waals surface area contributed by atoms with Crippen molar-refractivity contribution in [2.45, 2.75) is 44.9 Å². The van der Waals surface area contributed by atoms with Crippen molar-refractivity contribution in [2.24, 2.45) is 0 Å². The molecule has 2 aliphatic rings. The van der Waals surface area contributed by atoms with Gasteiger partial charge < -0.3 is 14.8 Å². The highest BCUT2D eigenvalue weighted by Crippen LogP contribution is 2.32. The SMILES string of the molecule is O=C(CCc1nc2sc3c(c2c(=O)[nH]1)CCCCC3)N1CCN(c2ncccn2)CC1. The number of aromatic amines is 1. The van der Waals surface area contributed by atoms with Crippen molar-refractivity contribution in [1.29, 1.82) is 0 Å². The first kappa shape index (κ1) is 20.1. The first-order valence-corrected chi connectivity index (χ1v) is 11.8. The van der Waals surface area contributed by atoms with E-state index in [0.717, 1.165) is 42.6 Å². The molecule has 1 fully saturated rings. The Kier molecular flexibility index (Phi) is 5.67. The molecule has 1 aliphatic heterocycles. The third kappa shape index (κ3) is 4.19. The number of carbonyl (C=O) groups is 1. The fourth-order valence-corrected chi connectivity index (χ4v) is 5.78. The van der Waals surface area contributed by atoms with E-state index >= 15 is 0 Å². The maximum absolute atomic E-state index is 12.8. The molecule has 1 aliphatic carbocycles. The molecule has 0 bridgehead atoms. The lowest BCUT2D eigenvalue weighted by Crippen LogP contribution is -2.49. The van der Waals surface area contributed by atoms with Gasteiger partial charge >= 0.3 is 0 Å². The van der Waals surface area contributed by atoms with Crippen LogP contribution in [-0.2, 0) is 24.1 Å². The minimum Gasteiger partial charge on any atom is -0.339 e. The molecule has 31 heavy (non-hydrogen) atoms. The summed E-state index contributed by atoms with van der Waals surface area (Å²) in [7, 11) is 0. The molecule has 8 nitrogen and oxygen atoms in total. The van der Waals surface area contributed by atoms with Gasteiger partial charge in [-0.15, -0.1) is 11.3 Å². The number of hydrogen-bond donors (Lipinski definition) is 1. The molecule has 9 heteroatoms. The van der Waals surface area contributed by atoms with Crippen molar-refractivity contribution >= 4 is 33.4 Å². The van der Waals surface area contributed by atoms with E-state index in [0.29, 0.717) is 37.7 Å². The summed E-state index contributed by atoms with van der Waals surface area (Å²) in [6.45, 7) is 2.74. The summed E-state index contributed by atoms with van der Waals surface area (Å²) in [6, 6.07) is 1.80. The monoisotopic (exact) mass is 438 g/mol. The minimum absolute atomic E-state index is 0.0525. The summed E-state index contributed by atoms with van der Waals surface area (Å²) in [4.78, 5) is 47.8. The molecule has 3 aromatic rings. The first-order valence-electron chi connectivity index (χ1n) is 11.0. The van der Waals surface area contributed by atoms with Crippen LogP contribution in [0.3, 0.4) is 0 Å². The number of amides is 1. The molecule has 0 atom stereocenters. The van der Waals surface area contributed by atoms with E-state index in [9.17, 15) is 9.59 Å². The topological polar surface area (TPSA) is 95.1 Å². The Morgan fingerprint density at radius 2 is 1.84 bits per heavy atom. The molecular formula is C22H26N6O2S. The van der Waals surface area contributed by atoms with Gasteiger partial charge in [-0.05, 0) is 37.3 Å². The van der Waals surface area contributed by atoms with Gasteiger partial charge in [-0.3, -0.25) is 9.59 Å². The van der Waals surface area contributed by atoms with Gasteiger partial charge in [0.05, 0.1) is 5.39 Å². The molecule has 0 aromatic carbocycles. The van der Waals surface area contributed by atoms with Gasteiger partial charge in [0.15, 0.2) is 0 Å². The van der Waals surface area contributed by atoms with Gasteiger partial charge in [0, 0.05) is 56.3 Å². The van der Waals surface area contributed by atoms with Crippen LogP contribution in [0.15, 0.2) is 23.3 Å². The number of aryl methyl sites for hydroxylation is 3. The molecular weight excluding hydrogens is 412 g/mol. The second-order valence-corrected chi connectivity index (χ2v) is 9.26. The second-order valence-electron chi connectivity index (χ2n) is 8.17. The van der Waals surface area contributed by atoms with Crippen molar-refractivity contribution in [3.8, 4) is 0 Å². The van der Waals surface area contributed by atoms with Gasteiger partial charge in [-0.25, -0.2) is 15.0 Å². The molecule has 162 valence electrons. The fourth-order valence-electron chi connectivity index (χ4n) is 4.50. The van der Waals surface area contributed by atoms with E-state index in [-0.39, 0.29) is 11.5 Å². The normalized spacial score (nSPS) is 16.9. The van der Waals surface area contributed by atoms with Crippen molar-refractivity contribution in [3.63, 3.8) is 0 Å². The molecule has 1 amide bonds. The van der Waals surface area contributed by atoms with Gasteiger partial charge in [-0.1, -0.05) is 6.42 Å². The van der Waals surface area contributed by atoms with Crippen LogP contribution in [-0.4, -0.2) is 56.9 Å². The quantitative estimate of drug-likeness (QED) is 0.628. The minimum atomic E-state index is -0.0525. The number of hydrogen-bond acceptors (Lipinski definition) is 7. The lowest BCUT2D eigenvalue weighted by molar-refractivity contribution is -0.131. The lowest BCUT2D eigenvalue weighted by Gasteiger charge is -2.34. The molecule has 1 N–H and O–H groups in total. The van der Waals surface area contributed by atoms with Crippen LogP contribution in [0, 0.1) is 0 Å². The van der Waals surface area contributed by atoms with Crippen molar-refractivity contribution in [2.75, 3.05) is 31.1 Å². The Hall–Kier alpha value is -2.81. The number of H-pyrrole nitrogens is 1. The van der Waals surface area contributed by atoms with E-state index < -0.39 is 0 Å². The standard InChI is InChI=1S/C22H26N6O2S/c29-18(27-11-13-28(14-12-27)22-23-9-4-10-24-22)8-7-17-25-20(30)19-15-5-2-1-3-6-16(15)31-21(19)26-17/h4,9-10H,1-3,5-8,11-14H2,(H,25,26,30). The molecule has 4 heterocycles. The molecule has 1 saturated heterocycles. The third-order valence-electron chi connectivity index (χ3n) is 6.17. The van der Waals surface area contributed by atoms with E-state index in [4.69, 9.17) is 4.98 Å². The molecule has 5 rings (SSSR count). The van der Waals surface area contributed by atoms with Gasteiger partial charge in [0.2, 0.25) is 11.9 Å². The van der Waals surface area contributed by atoms with Gasteiger partial charge in [0.1, 0.15) is 10.7 Å². The number of nitrogens with zero attached hydrogens (tertiary/aromatic N) is 5. The molecule has 0 spiro atoms. The Bertz CT molecular complexity index is 1130. The number of anilines is 1. The lowest BCUT2D eigenvalue weighted by atomic mass is 10.1. The largest absolute Gasteiger partial charge is 0.339 e. The highest BCUT2D eigenvalue weighted by molar-refractivity contribution is 7.18. The highest BCUT2D eigenvalue weighted by Gasteiger charge is 2.23. The zero-order valence-electron chi connectivity index (χ0n) is 17.5. The summed E-state index contributed by atoms with van der Waals surface area (Å²) in [5.41, 5.74) is 1.15. The zero-order valence-corrected chi connectivity index (χ0v) is 18.3. The predicted octanol–water partition coefficient (Wildman–Crippen LogP) is 2.32. The maximum Gasteiger partial charge on any atom is 0.259 e. The van der Waals surface area contributed by atoms with E-state index in [1.165, 1.54) is 23.3 Å². The smallest absolute Gasteiger partial charge is 0.259 e. The Labute approximate surface area is 184 Å². The number of rotatable bonds is 4.